The number of pyridine rings is 1. The third-order valence-electron chi connectivity index (χ3n) is 2.49. The predicted octanol–water partition coefficient (Wildman–Crippen LogP) is 2.35. The number of hydrogen-bond donors (Lipinski definition) is 0. The SMILES string of the molecule is C[C@@H]1CN(c2ccnc(Cl)c2)C[C@H](C)O1. The molecule has 1 saturated heterocycles. The molecule has 15 heavy (non-hydrogen) atoms. The lowest BCUT2D eigenvalue weighted by atomic mass is 10.2. The molecule has 1 aromatic heterocycles. The molecule has 0 aromatic carbocycles. The lowest BCUT2D eigenvalue weighted by Gasteiger charge is -2.36. The van der Waals surface area contributed by atoms with Crippen LogP contribution in [0.4, 0.5) is 5.69 Å². The average Bonchev–Trinajstić information content (AvgIpc) is 2.16. The Morgan fingerprint density at radius 3 is 2.67 bits per heavy atom. The van der Waals surface area contributed by atoms with Crippen LogP contribution in [0.15, 0.2) is 18.3 Å². The molecule has 0 saturated carbocycles. The summed E-state index contributed by atoms with van der Waals surface area (Å²) in [6.07, 6.45) is 2.27. The molecule has 1 aliphatic heterocycles. The van der Waals surface area contributed by atoms with Crippen LogP contribution in [0, 0.1) is 0 Å². The number of aromatic nitrogens is 1. The van der Waals surface area contributed by atoms with Gasteiger partial charge < -0.3 is 9.64 Å². The molecule has 1 fully saturated rings. The topological polar surface area (TPSA) is 25.4 Å². The van der Waals surface area contributed by atoms with E-state index in [4.69, 9.17) is 16.3 Å². The number of anilines is 1. The van der Waals surface area contributed by atoms with Crippen molar-refractivity contribution < 1.29 is 4.74 Å². The Bertz CT molecular complexity index is 335. The van der Waals surface area contributed by atoms with Crippen LogP contribution in [0.25, 0.3) is 0 Å². The van der Waals surface area contributed by atoms with Gasteiger partial charge in [0.25, 0.3) is 0 Å². The summed E-state index contributed by atoms with van der Waals surface area (Å²) in [5.74, 6) is 0. The Morgan fingerprint density at radius 2 is 2.07 bits per heavy atom. The van der Waals surface area contributed by atoms with E-state index in [1.54, 1.807) is 6.20 Å². The van der Waals surface area contributed by atoms with Crippen molar-refractivity contribution >= 4 is 17.3 Å². The first kappa shape index (κ1) is 10.7. The van der Waals surface area contributed by atoms with Crippen LogP contribution in [-0.2, 0) is 4.74 Å². The second kappa shape index (κ2) is 4.37. The maximum absolute atomic E-state index is 5.87. The lowest BCUT2D eigenvalue weighted by molar-refractivity contribution is -0.00522. The van der Waals surface area contributed by atoms with Crippen molar-refractivity contribution in [1.82, 2.24) is 4.98 Å². The van der Waals surface area contributed by atoms with Gasteiger partial charge in [0.2, 0.25) is 0 Å². The summed E-state index contributed by atoms with van der Waals surface area (Å²) < 4.78 is 5.68. The minimum Gasteiger partial charge on any atom is -0.372 e. The van der Waals surface area contributed by atoms with Gasteiger partial charge >= 0.3 is 0 Å². The highest BCUT2D eigenvalue weighted by atomic mass is 35.5. The van der Waals surface area contributed by atoms with Gasteiger partial charge in [-0.2, -0.15) is 0 Å². The third-order valence-corrected chi connectivity index (χ3v) is 2.70. The quantitative estimate of drug-likeness (QED) is 0.688. The average molecular weight is 227 g/mol. The van der Waals surface area contributed by atoms with Gasteiger partial charge in [0.1, 0.15) is 5.15 Å². The van der Waals surface area contributed by atoms with E-state index < -0.39 is 0 Å². The van der Waals surface area contributed by atoms with Gasteiger partial charge in [-0.15, -0.1) is 0 Å². The molecule has 2 heterocycles. The summed E-state index contributed by atoms with van der Waals surface area (Å²) >= 11 is 5.87. The van der Waals surface area contributed by atoms with E-state index >= 15 is 0 Å². The smallest absolute Gasteiger partial charge is 0.131 e. The summed E-state index contributed by atoms with van der Waals surface area (Å²) in [7, 11) is 0. The van der Waals surface area contributed by atoms with Crippen LogP contribution in [0.5, 0.6) is 0 Å². The van der Waals surface area contributed by atoms with E-state index in [9.17, 15) is 0 Å². The zero-order valence-electron chi connectivity index (χ0n) is 8.98. The van der Waals surface area contributed by atoms with Crippen molar-refractivity contribution in [2.45, 2.75) is 26.1 Å². The van der Waals surface area contributed by atoms with Crippen LogP contribution in [-0.4, -0.2) is 30.3 Å². The molecule has 1 aromatic rings. The van der Waals surface area contributed by atoms with Crippen molar-refractivity contribution in [3.05, 3.63) is 23.5 Å². The first-order chi connectivity index (χ1) is 7.15. The molecule has 1 aliphatic rings. The van der Waals surface area contributed by atoms with E-state index in [1.807, 2.05) is 12.1 Å². The Kier molecular flexibility index (Phi) is 3.12. The van der Waals surface area contributed by atoms with E-state index in [1.165, 1.54) is 0 Å². The van der Waals surface area contributed by atoms with E-state index in [0.29, 0.717) is 5.15 Å². The molecule has 4 heteroatoms. The molecular weight excluding hydrogens is 212 g/mol. The van der Waals surface area contributed by atoms with Crippen LogP contribution in [0.1, 0.15) is 13.8 Å². The maximum atomic E-state index is 5.87. The Labute approximate surface area is 95.0 Å². The molecule has 2 rings (SSSR count). The Hall–Kier alpha value is -0.800. The predicted molar refractivity (Wildman–Crippen MR) is 61.5 cm³/mol. The molecular formula is C11H15ClN2O. The first-order valence-electron chi connectivity index (χ1n) is 5.17. The van der Waals surface area contributed by atoms with Crippen LogP contribution in [0.2, 0.25) is 5.15 Å². The number of ether oxygens (including phenoxy) is 1. The zero-order valence-corrected chi connectivity index (χ0v) is 9.74. The minimum atomic E-state index is 0.265. The number of halogens is 1. The van der Waals surface area contributed by atoms with Gasteiger partial charge in [0, 0.05) is 25.0 Å². The standard InChI is InChI=1S/C11H15ClN2O/c1-8-6-14(7-9(2)15-8)10-3-4-13-11(12)5-10/h3-5,8-9H,6-7H2,1-2H3/t8-,9+. The van der Waals surface area contributed by atoms with Crippen molar-refractivity contribution in [2.75, 3.05) is 18.0 Å². The molecule has 0 radical (unpaired) electrons. The number of rotatable bonds is 1. The molecule has 0 aliphatic carbocycles. The molecule has 0 unspecified atom stereocenters. The summed E-state index contributed by atoms with van der Waals surface area (Å²) in [6, 6.07) is 3.88. The van der Waals surface area contributed by atoms with Gasteiger partial charge in [-0.3, -0.25) is 0 Å². The lowest BCUT2D eigenvalue weighted by Crippen LogP contribution is -2.45. The summed E-state index contributed by atoms with van der Waals surface area (Å²) in [5, 5.41) is 0.541. The highest BCUT2D eigenvalue weighted by molar-refractivity contribution is 6.29. The maximum Gasteiger partial charge on any atom is 0.131 e. The van der Waals surface area contributed by atoms with Gasteiger partial charge in [-0.05, 0) is 26.0 Å². The molecule has 0 N–H and O–H groups in total. The summed E-state index contributed by atoms with van der Waals surface area (Å²) in [6.45, 7) is 5.99. The first-order valence-corrected chi connectivity index (χ1v) is 5.55. The molecule has 0 amide bonds. The van der Waals surface area contributed by atoms with E-state index in [-0.39, 0.29) is 12.2 Å². The zero-order chi connectivity index (χ0) is 10.8. The van der Waals surface area contributed by atoms with Crippen LogP contribution < -0.4 is 4.90 Å². The second-order valence-electron chi connectivity index (χ2n) is 4.00. The molecule has 0 spiro atoms. The second-order valence-corrected chi connectivity index (χ2v) is 4.39. The molecule has 0 bridgehead atoms. The van der Waals surface area contributed by atoms with Crippen molar-refractivity contribution in [3.63, 3.8) is 0 Å². The molecule has 2 atom stereocenters. The van der Waals surface area contributed by atoms with Crippen LogP contribution in [0.3, 0.4) is 0 Å². The number of morpholine rings is 1. The summed E-state index contributed by atoms with van der Waals surface area (Å²) in [4.78, 5) is 6.26. The fraction of sp³-hybridized carbons (Fsp3) is 0.545. The van der Waals surface area contributed by atoms with Crippen molar-refractivity contribution in [1.29, 1.82) is 0 Å². The van der Waals surface area contributed by atoms with E-state index in [2.05, 4.69) is 23.7 Å². The Balaban J connectivity index is 2.16. The fourth-order valence-corrected chi connectivity index (χ4v) is 2.15. The highest BCUT2D eigenvalue weighted by Gasteiger charge is 2.22. The van der Waals surface area contributed by atoms with Crippen LogP contribution >= 0.6 is 11.6 Å². The highest BCUT2D eigenvalue weighted by Crippen LogP contribution is 2.21. The minimum absolute atomic E-state index is 0.265. The van der Waals surface area contributed by atoms with Gasteiger partial charge in [-0.25, -0.2) is 4.98 Å². The van der Waals surface area contributed by atoms with Gasteiger partial charge in [0.05, 0.1) is 12.2 Å². The molecule has 82 valence electrons. The Morgan fingerprint density at radius 1 is 1.40 bits per heavy atom. The van der Waals surface area contributed by atoms with Crippen molar-refractivity contribution in [3.8, 4) is 0 Å². The van der Waals surface area contributed by atoms with Crippen molar-refractivity contribution in [2.24, 2.45) is 0 Å². The third kappa shape index (κ3) is 2.61. The summed E-state index contributed by atoms with van der Waals surface area (Å²) in [5.41, 5.74) is 1.12. The van der Waals surface area contributed by atoms with E-state index in [0.717, 1.165) is 18.8 Å². The van der Waals surface area contributed by atoms with Gasteiger partial charge in [0.15, 0.2) is 0 Å². The largest absolute Gasteiger partial charge is 0.372 e. The van der Waals surface area contributed by atoms with Gasteiger partial charge in [-0.1, -0.05) is 11.6 Å². The fourth-order valence-electron chi connectivity index (χ4n) is 1.98. The number of nitrogens with zero attached hydrogens (tertiary/aromatic N) is 2. The number of hydrogen-bond acceptors (Lipinski definition) is 3. The normalized spacial score (nSPS) is 26.7. The monoisotopic (exact) mass is 226 g/mol. The molecule has 3 nitrogen and oxygen atoms in total.